The van der Waals surface area contributed by atoms with Crippen LogP contribution in [0.4, 0.5) is 5.82 Å². The van der Waals surface area contributed by atoms with E-state index < -0.39 is 0 Å². The van der Waals surface area contributed by atoms with Gasteiger partial charge < -0.3 is 10.1 Å². The molecule has 25 heavy (non-hydrogen) atoms. The molecule has 0 spiro atoms. The Labute approximate surface area is 148 Å². The van der Waals surface area contributed by atoms with Crippen LogP contribution in [0, 0.1) is 0 Å². The molecule has 4 rings (SSSR count). The van der Waals surface area contributed by atoms with Gasteiger partial charge in [-0.2, -0.15) is 5.10 Å². The standard InChI is InChI=1S/C18H14ClN5O/c19-13-7-6-12(10-15(13)25-16-5-1-2-8-20-16)11-22-18-17-14(23-24-18)4-3-9-21-17/h1-10H,11H2,(H2,22,23,24). The first-order valence-electron chi connectivity index (χ1n) is 7.70. The molecule has 0 bridgehead atoms. The Kier molecular flexibility index (Phi) is 4.18. The molecule has 0 aliphatic carbocycles. The fraction of sp³-hybridized carbons (Fsp3) is 0.0556. The molecule has 0 saturated heterocycles. The highest BCUT2D eigenvalue weighted by Gasteiger charge is 2.08. The van der Waals surface area contributed by atoms with Crippen molar-refractivity contribution in [2.45, 2.75) is 6.54 Å². The van der Waals surface area contributed by atoms with E-state index in [0.29, 0.717) is 29.0 Å². The topological polar surface area (TPSA) is 75.7 Å². The van der Waals surface area contributed by atoms with Gasteiger partial charge in [0, 0.05) is 25.0 Å². The molecular formula is C18H14ClN5O. The van der Waals surface area contributed by atoms with E-state index in [1.807, 2.05) is 36.4 Å². The predicted molar refractivity (Wildman–Crippen MR) is 97.0 cm³/mol. The summed E-state index contributed by atoms with van der Waals surface area (Å²) in [5.74, 6) is 1.76. The molecule has 0 fully saturated rings. The van der Waals surface area contributed by atoms with Crippen molar-refractivity contribution in [2.24, 2.45) is 0 Å². The zero-order chi connectivity index (χ0) is 17.1. The lowest BCUT2D eigenvalue weighted by Gasteiger charge is -2.09. The van der Waals surface area contributed by atoms with E-state index in [1.54, 1.807) is 24.5 Å². The molecule has 1 aromatic carbocycles. The van der Waals surface area contributed by atoms with Gasteiger partial charge in [-0.3, -0.25) is 10.1 Å². The highest BCUT2D eigenvalue weighted by Crippen LogP contribution is 2.29. The number of aromatic nitrogens is 4. The van der Waals surface area contributed by atoms with Gasteiger partial charge in [0.15, 0.2) is 5.82 Å². The van der Waals surface area contributed by atoms with Crippen molar-refractivity contribution in [1.29, 1.82) is 0 Å². The number of ether oxygens (including phenoxy) is 1. The summed E-state index contributed by atoms with van der Waals surface area (Å²) >= 11 is 6.22. The maximum Gasteiger partial charge on any atom is 0.219 e. The monoisotopic (exact) mass is 351 g/mol. The van der Waals surface area contributed by atoms with Gasteiger partial charge in [-0.25, -0.2) is 4.98 Å². The average Bonchev–Trinajstić information content (AvgIpc) is 3.06. The number of anilines is 1. The number of fused-ring (bicyclic) bond motifs is 1. The molecule has 2 N–H and O–H groups in total. The Morgan fingerprint density at radius 1 is 1.04 bits per heavy atom. The summed E-state index contributed by atoms with van der Waals surface area (Å²) in [5, 5.41) is 11.0. The second-order valence-corrected chi connectivity index (χ2v) is 5.77. The number of nitrogens with zero attached hydrogens (tertiary/aromatic N) is 3. The third kappa shape index (κ3) is 3.39. The molecule has 0 amide bonds. The highest BCUT2D eigenvalue weighted by atomic mass is 35.5. The molecule has 3 heterocycles. The number of rotatable bonds is 5. The van der Waals surface area contributed by atoms with E-state index in [4.69, 9.17) is 16.3 Å². The van der Waals surface area contributed by atoms with Crippen molar-refractivity contribution in [2.75, 3.05) is 5.32 Å². The number of H-pyrrole nitrogens is 1. The van der Waals surface area contributed by atoms with Gasteiger partial charge in [0.05, 0.1) is 10.5 Å². The van der Waals surface area contributed by atoms with Gasteiger partial charge in [0.2, 0.25) is 5.88 Å². The van der Waals surface area contributed by atoms with Gasteiger partial charge in [0.1, 0.15) is 11.3 Å². The summed E-state index contributed by atoms with van der Waals surface area (Å²) in [6.45, 7) is 0.562. The summed E-state index contributed by atoms with van der Waals surface area (Å²) in [6, 6.07) is 14.9. The Morgan fingerprint density at radius 2 is 1.96 bits per heavy atom. The molecule has 0 unspecified atom stereocenters. The van der Waals surface area contributed by atoms with E-state index in [9.17, 15) is 0 Å². The molecule has 0 aliphatic rings. The molecular weight excluding hydrogens is 338 g/mol. The number of hydrogen-bond donors (Lipinski definition) is 2. The van der Waals surface area contributed by atoms with Crippen molar-refractivity contribution in [1.82, 2.24) is 20.2 Å². The van der Waals surface area contributed by atoms with Crippen molar-refractivity contribution < 1.29 is 4.74 Å². The average molecular weight is 352 g/mol. The third-order valence-corrected chi connectivity index (χ3v) is 3.94. The van der Waals surface area contributed by atoms with Crippen LogP contribution < -0.4 is 10.1 Å². The normalized spacial score (nSPS) is 10.8. The number of benzene rings is 1. The zero-order valence-electron chi connectivity index (χ0n) is 13.1. The van der Waals surface area contributed by atoms with Gasteiger partial charge in [0.25, 0.3) is 0 Å². The maximum absolute atomic E-state index is 6.22. The number of pyridine rings is 2. The van der Waals surface area contributed by atoms with Crippen LogP contribution in [0.3, 0.4) is 0 Å². The number of aromatic amines is 1. The Balaban J connectivity index is 1.52. The Hall–Kier alpha value is -3.12. The van der Waals surface area contributed by atoms with Gasteiger partial charge in [-0.1, -0.05) is 23.7 Å². The van der Waals surface area contributed by atoms with E-state index in [0.717, 1.165) is 16.6 Å². The smallest absolute Gasteiger partial charge is 0.219 e. The quantitative estimate of drug-likeness (QED) is 0.557. The van der Waals surface area contributed by atoms with Crippen molar-refractivity contribution in [3.63, 3.8) is 0 Å². The summed E-state index contributed by atoms with van der Waals surface area (Å²) < 4.78 is 5.75. The molecule has 0 saturated carbocycles. The first-order chi connectivity index (χ1) is 12.3. The highest BCUT2D eigenvalue weighted by molar-refractivity contribution is 6.32. The predicted octanol–water partition coefficient (Wildman–Crippen LogP) is 4.41. The first-order valence-corrected chi connectivity index (χ1v) is 8.08. The van der Waals surface area contributed by atoms with Gasteiger partial charge >= 0.3 is 0 Å². The van der Waals surface area contributed by atoms with Crippen molar-refractivity contribution in [3.8, 4) is 11.6 Å². The van der Waals surface area contributed by atoms with Crippen LogP contribution >= 0.6 is 11.6 Å². The fourth-order valence-corrected chi connectivity index (χ4v) is 2.57. The summed E-state index contributed by atoms with van der Waals surface area (Å²) in [5.41, 5.74) is 2.70. The zero-order valence-corrected chi connectivity index (χ0v) is 13.9. The number of nitrogens with one attached hydrogen (secondary N) is 2. The maximum atomic E-state index is 6.22. The lowest BCUT2D eigenvalue weighted by atomic mass is 10.2. The summed E-state index contributed by atoms with van der Waals surface area (Å²) in [6.07, 6.45) is 3.41. The van der Waals surface area contributed by atoms with E-state index >= 15 is 0 Å². The minimum atomic E-state index is 0.497. The minimum Gasteiger partial charge on any atom is -0.437 e. The Bertz CT molecular complexity index is 1000. The molecule has 3 aromatic heterocycles. The second-order valence-electron chi connectivity index (χ2n) is 5.36. The molecule has 0 radical (unpaired) electrons. The first kappa shape index (κ1) is 15.4. The van der Waals surface area contributed by atoms with Crippen LogP contribution in [0.5, 0.6) is 11.6 Å². The van der Waals surface area contributed by atoms with Crippen LogP contribution in [0.2, 0.25) is 5.02 Å². The molecule has 4 aromatic rings. The van der Waals surface area contributed by atoms with E-state index in [1.165, 1.54) is 0 Å². The van der Waals surface area contributed by atoms with Crippen LogP contribution in [-0.2, 0) is 6.54 Å². The van der Waals surface area contributed by atoms with E-state index in [2.05, 4.69) is 25.5 Å². The SMILES string of the molecule is Clc1ccc(CNc2n[nH]c3cccnc23)cc1Oc1ccccn1. The lowest BCUT2D eigenvalue weighted by Crippen LogP contribution is -2.01. The van der Waals surface area contributed by atoms with E-state index in [-0.39, 0.29) is 0 Å². The third-order valence-electron chi connectivity index (χ3n) is 3.63. The van der Waals surface area contributed by atoms with Crippen LogP contribution in [0.25, 0.3) is 11.0 Å². The van der Waals surface area contributed by atoms with Gasteiger partial charge in [-0.15, -0.1) is 0 Å². The number of hydrogen-bond acceptors (Lipinski definition) is 5. The lowest BCUT2D eigenvalue weighted by molar-refractivity contribution is 0.462. The minimum absolute atomic E-state index is 0.497. The second kappa shape index (κ2) is 6.78. The van der Waals surface area contributed by atoms with Crippen molar-refractivity contribution >= 4 is 28.5 Å². The molecule has 0 aliphatic heterocycles. The largest absolute Gasteiger partial charge is 0.437 e. The van der Waals surface area contributed by atoms with Crippen LogP contribution in [0.15, 0.2) is 60.9 Å². The summed E-state index contributed by atoms with van der Waals surface area (Å²) in [4.78, 5) is 8.48. The Morgan fingerprint density at radius 3 is 2.84 bits per heavy atom. The summed E-state index contributed by atoms with van der Waals surface area (Å²) in [7, 11) is 0. The molecule has 6 nitrogen and oxygen atoms in total. The molecule has 124 valence electrons. The van der Waals surface area contributed by atoms with Crippen LogP contribution in [0.1, 0.15) is 5.56 Å². The molecule has 7 heteroatoms. The van der Waals surface area contributed by atoms with Gasteiger partial charge in [-0.05, 0) is 35.9 Å². The van der Waals surface area contributed by atoms with Crippen LogP contribution in [-0.4, -0.2) is 20.2 Å². The molecule has 0 atom stereocenters. The van der Waals surface area contributed by atoms with Crippen molar-refractivity contribution in [3.05, 3.63) is 71.5 Å². The number of halogens is 1. The fourth-order valence-electron chi connectivity index (χ4n) is 2.42.